The van der Waals surface area contributed by atoms with Crippen LogP contribution < -0.4 is 10.2 Å². The lowest BCUT2D eigenvalue weighted by molar-refractivity contribution is 0.0952. The van der Waals surface area contributed by atoms with Crippen molar-refractivity contribution in [1.29, 1.82) is 0 Å². The van der Waals surface area contributed by atoms with Crippen molar-refractivity contribution in [3.05, 3.63) is 107 Å². The molecule has 0 radical (unpaired) electrons. The summed E-state index contributed by atoms with van der Waals surface area (Å²) in [5.41, 5.74) is 4.38. The van der Waals surface area contributed by atoms with E-state index in [1.165, 1.54) is 6.21 Å². The molecule has 1 amide bonds. The second-order valence-corrected chi connectivity index (χ2v) is 7.34. The largest absolute Gasteiger partial charge is 0.507 e. The van der Waals surface area contributed by atoms with E-state index in [1.54, 1.807) is 12.1 Å². The Morgan fingerprint density at radius 2 is 1.71 bits per heavy atom. The van der Waals surface area contributed by atoms with Gasteiger partial charge in [-0.15, -0.1) is 0 Å². The number of ether oxygens (including phenoxy) is 1. The van der Waals surface area contributed by atoms with Gasteiger partial charge in [-0.1, -0.05) is 60.1 Å². The summed E-state index contributed by atoms with van der Waals surface area (Å²) in [4.78, 5) is 12.4. The van der Waals surface area contributed by atoms with Crippen LogP contribution in [0.5, 0.6) is 11.5 Å². The Bertz CT molecular complexity index is 1250. The minimum Gasteiger partial charge on any atom is -0.507 e. The number of hydrogen-bond donors (Lipinski definition) is 2. The molecular formula is C25H19ClN2O3. The maximum absolute atomic E-state index is 12.4. The van der Waals surface area contributed by atoms with E-state index in [0.29, 0.717) is 17.4 Å². The zero-order valence-corrected chi connectivity index (χ0v) is 17.2. The molecule has 0 aromatic heterocycles. The Labute approximate surface area is 184 Å². The minimum atomic E-state index is -0.491. The van der Waals surface area contributed by atoms with Crippen molar-refractivity contribution < 1.29 is 14.6 Å². The maximum Gasteiger partial charge on any atom is 0.275 e. The van der Waals surface area contributed by atoms with Crippen LogP contribution in [-0.2, 0) is 6.61 Å². The molecule has 4 rings (SSSR count). The van der Waals surface area contributed by atoms with Gasteiger partial charge in [0.25, 0.3) is 5.91 Å². The number of carbonyl (C=O) groups excluding carboxylic acids is 1. The van der Waals surface area contributed by atoms with Crippen LogP contribution in [0.25, 0.3) is 10.8 Å². The number of phenols is 1. The number of aromatic hydroxyl groups is 1. The quantitative estimate of drug-likeness (QED) is 0.311. The van der Waals surface area contributed by atoms with Gasteiger partial charge in [-0.2, -0.15) is 5.10 Å². The number of hydrogen-bond acceptors (Lipinski definition) is 4. The number of amides is 1. The summed E-state index contributed by atoms with van der Waals surface area (Å²) >= 11 is 5.89. The van der Waals surface area contributed by atoms with Crippen molar-refractivity contribution in [3.8, 4) is 11.5 Å². The van der Waals surface area contributed by atoms with Crippen LogP contribution in [0.2, 0.25) is 5.02 Å². The summed E-state index contributed by atoms with van der Waals surface area (Å²) in [6, 6.07) is 25.5. The average Bonchev–Trinajstić information content (AvgIpc) is 2.78. The summed E-state index contributed by atoms with van der Waals surface area (Å²) in [7, 11) is 0. The summed E-state index contributed by atoms with van der Waals surface area (Å²) in [6.45, 7) is 0.412. The molecule has 0 aliphatic carbocycles. The van der Waals surface area contributed by atoms with Crippen molar-refractivity contribution in [2.75, 3.05) is 0 Å². The third-order valence-electron chi connectivity index (χ3n) is 4.67. The van der Waals surface area contributed by atoms with Gasteiger partial charge >= 0.3 is 0 Å². The Morgan fingerprint density at radius 1 is 0.968 bits per heavy atom. The van der Waals surface area contributed by atoms with Gasteiger partial charge in [0.05, 0.1) is 11.8 Å². The number of phenolic OH excluding ortho intramolecular Hbond substituents is 1. The molecule has 0 saturated heterocycles. The lowest BCUT2D eigenvalue weighted by Crippen LogP contribution is -2.17. The van der Waals surface area contributed by atoms with Crippen LogP contribution in [0.1, 0.15) is 21.5 Å². The van der Waals surface area contributed by atoms with Gasteiger partial charge in [-0.3, -0.25) is 4.79 Å². The number of nitrogens with one attached hydrogen (secondary N) is 1. The number of halogens is 1. The molecule has 4 aromatic rings. The second-order valence-electron chi connectivity index (χ2n) is 6.90. The fourth-order valence-electron chi connectivity index (χ4n) is 3.07. The highest BCUT2D eigenvalue weighted by atomic mass is 35.5. The van der Waals surface area contributed by atoms with E-state index >= 15 is 0 Å². The molecule has 0 heterocycles. The molecule has 31 heavy (non-hydrogen) atoms. The third-order valence-corrected chi connectivity index (χ3v) is 4.92. The van der Waals surface area contributed by atoms with Gasteiger partial charge in [0.2, 0.25) is 0 Å². The van der Waals surface area contributed by atoms with Gasteiger partial charge in [0, 0.05) is 5.02 Å². The van der Waals surface area contributed by atoms with E-state index < -0.39 is 5.91 Å². The first kappa shape index (κ1) is 20.4. The molecule has 0 unspecified atom stereocenters. The maximum atomic E-state index is 12.4. The van der Waals surface area contributed by atoms with E-state index in [4.69, 9.17) is 16.3 Å². The molecule has 6 heteroatoms. The van der Waals surface area contributed by atoms with Gasteiger partial charge in [-0.25, -0.2) is 5.43 Å². The number of rotatable bonds is 6. The highest BCUT2D eigenvalue weighted by Crippen LogP contribution is 2.25. The van der Waals surface area contributed by atoms with Crippen molar-refractivity contribution >= 4 is 34.5 Å². The molecule has 5 nitrogen and oxygen atoms in total. The van der Waals surface area contributed by atoms with E-state index in [2.05, 4.69) is 10.5 Å². The second kappa shape index (κ2) is 9.32. The standard InChI is InChI=1S/C25H19ClN2O3/c26-21-10-8-17(9-11-21)16-31-22-7-3-4-18(12-22)15-27-28-25(30)23-13-19-5-1-2-6-20(19)14-24(23)29/h1-15,29H,16H2,(H,28,30). The topological polar surface area (TPSA) is 70.9 Å². The first-order chi connectivity index (χ1) is 15.1. The van der Waals surface area contributed by atoms with Crippen LogP contribution >= 0.6 is 11.6 Å². The van der Waals surface area contributed by atoms with Gasteiger partial charge in [0.1, 0.15) is 18.1 Å². The van der Waals surface area contributed by atoms with Gasteiger partial charge < -0.3 is 9.84 Å². The number of nitrogens with zero attached hydrogens (tertiary/aromatic N) is 1. The number of carbonyl (C=O) groups is 1. The van der Waals surface area contributed by atoms with Crippen LogP contribution in [0.15, 0.2) is 90.0 Å². The van der Waals surface area contributed by atoms with E-state index in [0.717, 1.165) is 21.9 Å². The van der Waals surface area contributed by atoms with Crippen molar-refractivity contribution in [3.63, 3.8) is 0 Å². The van der Waals surface area contributed by atoms with Crippen molar-refractivity contribution in [2.45, 2.75) is 6.61 Å². The van der Waals surface area contributed by atoms with Gasteiger partial charge in [-0.05, 0) is 58.3 Å². The molecule has 154 valence electrons. The first-order valence-electron chi connectivity index (χ1n) is 9.61. The monoisotopic (exact) mass is 430 g/mol. The molecule has 0 atom stereocenters. The highest BCUT2D eigenvalue weighted by molar-refractivity contribution is 6.30. The van der Waals surface area contributed by atoms with Crippen molar-refractivity contribution in [1.82, 2.24) is 5.43 Å². The normalized spacial score (nSPS) is 11.0. The molecule has 0 aliphatic heterocycles. The summed E-state index contributed by atoms with van der Waals surface area (Å²) in [5.74, 6) is 0.0936. The predicted octanol–water partition coefficient (Wildman–Crippen LogP) is 5.54. The Balaban J connectivity index is 1.39. The fourth-order valence-corrected chi connectivity index (χ4v) is 3.19. The van der Waals surface area contributed by atoms with Crippen LogP contribution in [0.4, 0.5) is 0 Å². The zero-order chi connectivity index (χ0) is 21.6. The van der Waals surface area contributed by atoms with Gasteiger partial charge in [0.15, 0.2) is 0 Å². The van der Waals surface area contributed by atoms with Crippen molar-refractivity contribution in [2.24, 2.45) is 5.10 Å². The van der Waals surface area contributed by atoms with E-state index in [9.17, 15) is 9.90 Å². The molecule has 0 aliphatic rings. The molecule has 0 spiro atoms. The molecule has 2 N–H and O–H groups in total. The third kappa shape index (κ3) is 5.21. The summed E-state index contributed by atoms with van der Waals surface area (Å²) in [6.07, 6.45) is 1.52. The molecule has 0 fully saturated rings. The Kier molecular flexibility index (Phi) is 6.15. The Hall–Kier alpha value is -3.83. The SMILES string of the molecule is O=C(NN=Cc1cccc(OCc2ccc(Cl)cc2)c1)c1cc2ccccc2cc1O. The van der Waals surface area contributed by atoms with E-state index in [1.807, 2.05) is 72.8 Å². The fraction of sp³-hybridized carbons (Fsp3) is 0.0400. The lowest BCUT2D eigenvalue weighted by Gasteiger charge is -2.07. The van der Waals surface area contributed by atoms with E-state index in [-0.39, 0.29) is 11.3 Å². The molecule has 0 bridgehead atoms. The number of fused-ring (bicyclic) bond motifs is 1. The van der Waals surface area contributed by atoms with Crippen LogP contribution in [0, 0.1) is 0 Å². The number of benzene rings is 4. The summed E-state index contributed by atoms with van der Waals surface area (Å²) < 4.78 is 5.80. The zero-order valence-electron chi connectivity index (χ0n) is 16.5. The molecular weight excluding hydrogens is 412 g/mol. The minimum absolute atomic E-state index is 0.0935. The van der Waals surface area contributed by atoms with Crippen LogP contribution in [0.3, 0.4) is 0 Å². The summed E-state index contributed by atoms with van der Waals surface area (Å²) in [5, 5.41) is 16.6. The number of hydrazone groups is 1. The smallest absolute Gasteiger partial charge is 0.275 e. The first-order valence-corrected chi connectivity index (χ1v) is 9.99. The lowest BCUT2D eigenvalue weighted by atomic mass is 10.1. The average molecular weight is 431 g/mol. The Morgan fingerprint density at radius 3 is 2.48 bits per heavy atom. The van der Waals surface area contributed by atoms with Crippen LogP contribution in [-0.4, -0.2) is 17.2 Å². The predicted molar refractivity (Wildman–Crippen MR) is 123 cm³/mol. The molecule has 0 saturated carbocycles. The highest BCUT2D eigenvalue weighted by Gasteiger charge is 2.11. The molecule has 4 aromatic carbocycles.